The molecule has 0 radical (unpaired) electrons. The van der Waals surface area contributed by atoms with Crippen molar-refractivity contribution in [1.29, 1.82) is 0 Å². The molecule has 2 heterocycles. The third-order valence-electron chi connectivity index (χ3n) is 2.65. The number of halogens is 1. The minimum Gasteiger partial charge on any atom is -0.231 e. The summed E-state index contributed by atoms with van der Waals surface area (Å²) in [4.78, 5) is 5.87. The lowest BCUT2D eigenvalue weighted by molar-refractivity contribution is 1.09. The molecule has 1 aliphatic rings. The van der Waals surface area contributed by atoms with Gasteiger partial charge in [-0.3, -0.25) is 0 Å². The molecule has 0 bridgehead atoms. The summed E-state index contributed by atoms with van der Waals surface area (Å²) in [6.07, 6.45) is 6.96. The third-order valence-corrected chi connectivity index (χ3v) is 6.66. The Morgan fingerprint density at radius 2 is 1.92 bits per heavy atom. The van der Waals surface area contributed by atoms with Crippen LogP contribution in [0.3, 0.4) is 0 Å². The summed E-state index contributed by atoms with van der Waals surface area (Å²) in [6, 6.07) is 2.20. The van der Waals surface area contributed by atoms with Gasteiger partial charge in [-0.25, -0.2) is 14.1 Å². The second kappa shape index (κ2) is 1.83. The molecule has 0 amide bonds. The van der Waals surface area contributed by atoms with Gasteiger partial charge in [0.2, 0.25) is 0 Å². The molecular weight excluding hydrogens is 190 g/mol. The van der Waals surface area contributed by atoms with Gasteiger partial charge in [-0.1, -0.05) is 11.6 Å². The van der Waals surface area contributed by atoms with Crippen LogP contribution in [0.2, 0.25) is 5.15 Å². The fourth-order valence-electron chi connectivity index (χ4n) is 1.55. The van der Waals surface area contributed by atoms with Crippen LogP contribution in [0.1, 0.15) is 5.56 Å². The summed E-state index contributed by atoms with van der Waals surface area (Å²) in [5.41, 5.74) is 1.10. The molecule has 1 aromatic heterocycles. The second-order valence-electron chi connectivity index (χ2n) is 4.73. The van der Waals surface area contributed by atoms with Crippen LogP contribution in [0.4, 0.5) is 0 Å². The van der Waals surface area contributed by atoms with Crippen molar-refractivity contribution in [2.45, 2.75) is 16.8 Å². The van der Waals surface area contributed by atoms with Crippen LogP contribution >= 0.6 is 20.8 Å². The van der Waals surface area contributed by atoms with Gasteiger partial charge in [0, 0.05) is 4.90 Å². The van der Waals surface area contributed by atoms with Gasteiger partial charge >= 0.3 is 0 Å². The van der Waals surface area contributed by atoms with Gasteiger partial charge in [0.25, 0.3) is 0 Å². The Morgan fingerprint density at radius 3 is 2.42 bits per heavy atom. The first-order chi connectivity index (χ1) is 5.31. The Balaban J connectivity index is 2.66. The summed E-state index contributed by atoms with van der Waals surface area (Å²) in [6.45, 7) is 2.01. The smallest absolute Gasteiger partial charge is 0.133 e. The Kier molecular flexibility index (Phi) is 1.28. The highest BCUT2D eigenvalue weighted by Gasteiger charge is 2.49. The molecule has 0 saturated carbocycles. The van der Waals surface area contributed by atoms with Crippen LogP contribution in [0.5, 0.6) is 0 Å². The number of thiol groups is 1. The zero-order valence-electron chi connectivity index (χ0n) is 7.85. The molecule has 0 unspecified atom stereocenters. The number of aromatic nitrogens is 1. The van der Waals surface area contributed by atoms with Crippen molar-refractivity contribution in [3.63, 3.8) is 0 Å². The molecular formula is C9H14ClNS. The van der Waals surface area contributed by atoms with E-state index in [1.807, 2.05) is 6.92 Å². The molecule has 1 aliphatic heterocycles. The van der Waals surface area contributed by atoms with E-state index >= 15 is 0 Å². The van der Waals surface area contributed by atoms with Crippen LogP contribution < -0.4 is 0 Å². The first kappa shape index (κ1) is 8.39. The lowest BCUT2D eigenvalue weighted by Crippen LogP contribution is -1.91. The summed E-state index contributed by atoms with van der Waals surface area (Å²) >= 11 is 5.95. The SMILES string of the molecule is Cc1cc2c(nc1Cl)[SH]2(C)(C)C. The lowest BCUT2D eigenvalue weighted by atomic mass is 10.3. The molecule has 0 fully saturated rings. The quantitative estimate of drug-likeness (QED) is 0.389. The van der Waals surface area contributed by atoms with Crippen molar-refractivity contribution in [3.05, 3.63) is 16.8 Å². The van der Waals surface area contributed by atoms with Crippen molar-refractivity contribution in [2.75, 3.05) is 18.8 Å². The molecule has 2 rings (SSSR count). The third kappa shape index (κ3) is 0.852. The summed E-state index contributed by atoms with van der Waals surface area (Å²) in [5.74, 6) is 0. The van der Waals surface area contributed by atoms with E-state index in [0.717, 1.165) is 5.56 Å². The van der Waals surface area contributed by atoms with Crippen LogP contribution in [-0.4, -0.2) is 23.8 Å². The number of hydrogen-bond donors (Lipinski definition) is 1. The Labute approximate surface area is 78.4 Å². The van der Waals surface area contributed by atoms with Crippen LogP contribution in [0.25, 0.3) is 0 Å². The maximum atomic E-state index is 5.95. The molecule has 1 nitrogen and oxygen atoms in total. The topological polar surface area (TPSA) is 12.9 Å². The van der Waals surface area contributed by atoms with Gasteiger partial charge in [0.1, 0.15) is 5.15 Å². The first-order valence-corrected chi connectivity index (χ1v) is 7.96. The van der Waals surface area contributed by atoms with Crippen molar-refractivity contribution < 1.29 is 0 Å². The highest BCUT2D eigenvalue weighted by Crippen LogP contribution is 2.88. The highest BCUT2D eigenvalue weighted by molar-refractivity contribution is 8.52. The fourth-order valence-corrected chi connectivity index (χ4v) is 5.02. The molecule has 68 valence electrons. The lowest BCUT2D eigenvalue weighted by Gasteiger charge is -2.28. The summed E-state index contributed by atoms with van der Waals surface area (Å²) in [5, 5.41) is 1.95. The summed E-state index contributed by atoms with van der Waals surface area (Å²) in [7, 11) is -1.62. The molecule has 0 aromatic carbocycles. The standard InChI is InChI=1S/C9H14ClNS/c1-6-5-7-9(11-8(6)10)12(7,2,3)4/h5,12H,1-4H3. The summed E-state index contributed by atoms with van der Waals surface area (Å²) < 4.78 is 0. The first-order valence-electron chi connectivity index (χ1n) is 4.00. The van der Waals surface area contributed by atoms with Crippen LogP contribution in [0, 0.1) is 6.92 Å². The van der Waals surface area contributed by atoms with Gasteiger partial charge in [0.15, 0.2) is 0 Å². The predicted octanol–water partition coefficient (Wildman–Crippen LogP) is 2.74. The van der Waals surface area contributed by atoms with Crippen molar-refractivity contribution >= 4 is 20.8 Å². The van der Waals surface area contributed by atoms with Crippen molar-refractivity contribution in [3.8, 4) is 0 Å². The molecule has 0 aliphatic carbocycles. The Hall–Kier alpha value is -0.210. The van der Waals surface area contributed by atoms with E-state index in [9.17, 15) is 0 Å². The van der Waals surface area contributed by atoms with Gasteiger partial charge < -0.3 is 0 Å². The monoisotopic (exact) mass is 203 g/mol. The van der Waals surface area contributed by atoms with Crippen LogP contribution in [0.15, 0.2) is 16.0 Å². The Morgan fingerprint density at radius 1 is 1.33 bits per heavy atom. The molecule has 0 saturated heterocycles. The van der Waals surface area contributed by atoms with Crippen LogP contribution in [-0.2, 0) is 0 Å². The zero-order valence-corrected chi connectivity index (χ0v) is 9.50. The van der Waals surface area contributed by atoms with E-state index in [4.69, 9.17) is 11.6 Å². The minimum atomic E-state index is -1.62. The number of nitrogens with zero attached hydrogens (tertiary/aromatic N) is 1. The number of pyridine rings is 1. The maximum absolute atomic E-state index is 5.95. The highest BCUT2D eigenvalue weighted by atomic mass is 35.5. The zero-order chi connectivity index (χ0) is 9.17. The van der Waals surface area contributed by atoms with E-state index in [1.165, 1.54) is 9.92 Å². The number of rotatable bonds is 0. The number of aryl methyl sites for hydroxylation is 1. The predicted molar refractivity (Wildman–Crippen MR) is 57.3 cm³/mol. The number of hydrogen-bond acceptors (Lipinski definition) is 1. The second-order valence-corrected chi connectivity index (χ2v) is 11.6. The van der Waals surface area contributed by atoms with Gasteiger partial charge in [0.05, 0.1) is 5.03 Å². The van der Waals surface area contributed by atoms with Gasteiger partial charge in [-0.15, -0.1) is 0 Å². The van der Waals surface area contributed by atoms with Crippen molar-refractivity contribution in [1.82, 2.24) is 4.98 Å². The van der Waals surface area contributed by atoms with Gasteiger partial charge in [-0.05, 0) is 37.3 Å². The maximum Gasteiger partial charge on any atom is 0.133 e. The van der Waals surface area contributed by atoms with Crippen molar-refractivity contribution in [2.24, 2.45) is 0 Å². The van der Waals surface area contributed by atoms with E-state index in [2.05, 4.69) is 29.8 Å². The minimum absolute atomic E-state index is 0.672. The van der Waals surface area contributed by atoms with E-state index < -0.39 is 9.16 Å². The van der Waals surface area contributed by atoms with E-state index in [1.54, 1.807) is 0 Å². The average Bonchev–Trinajstić information content (AvgIpc) is 2.32. The fraction of sp³-hybridized carbons (Fsp3) is 0.444. The van der Waals surface area contributed by atoms with E-state index in [-0.39, 0.29) is 0 Å². The van der Waals surface area contributed by atoms with E-state index in [0.29, 0.717) is 5.15 Å². The molecule has 12 heavy (non-hydrogen) atoms. The normalized spacial score (nSPS) is 25.2. The number of fused-ring (bicyclic) bond motifs is 1. The molecule has 0 atom stereocenters. The largest absolute Gasteiger partial charge is 0.231 e. The Bertz CT molecular complexity index is 343. The molecule has 3 heteroatoms. The average molecular weight is 204 g/mol. The molecule has 0 N–H and O–H groups in total. The van der Waals surface area contributed by atoms with Gasteiger partial charge in [-0.2, -0.15) is 0 Å². The molecule has 0 spiro atoms. The molecule has 1 aromatic rings.